The van der Waals surface area contributed by atoms with Gasteiger partial charge in [0.1, 0.15) is 17.9 Å². The highest BCUT2D eigenvalue weighted by atomic mass is 127. The Bertz CT molecular complexity index is 1650. The van der Waals surface area contributed by atoms with Crippen LogP contribution in [0.1, 0.15) is 11.1 Å². The molecule has 4 aromatic carbocycles. The maximum absolute atomic E-state index is 13.4. The van der Waals surface area contributed by atoms with Gasteiger partial charge in [-0.25, -0.2) is 0 Å². The first-order chi connectivity index (χ1) is 18.2. The molecule has 5 nitrogen and oxygen atoms in total. The van der Waals surface area contributed by atoms with E-state index >= 15 is 0 Å². The number of hydrogen-bond donors (Lipinski definition) is 1. The predicted octanol–water partition coefficient (Wildman–Crippen LogP) is 7.77. The summed E-state index contributed by atoms with van der Waals surface area (Å²) in [6.45, 7) is 0.404. The SMILES string of the molecule is O=C1NC(=S)N(c2cccc(Cl)c2Cl)C(=O)/C1=C/c1cc(I)c(OCc2cccc3ccccc23)c(I)c1. The summed E-state index contributed by atoms with van der Waals surface area (Å²) >= 11 is 22.1. The van der Waals surface area contributed by atoms with E-state index < -0.39 is 11.8 Å². The number of carbonyl (C=O) groups is 2. The van der Waals surface area contributed by atoms with Gasteiger partial charge in [0.15, 0.2) is 5.11 Å². The number of halogens is 4. The molecule has 10 heteroatoms. The lowest BCUT2D eigenvalue weighted by Gasteiger charge is -2.29. The van der Waals surface area contributed by atoms with Crippen molar-refractivity contribution in [3.8, 4) is 5.75 Å². The molecule has 190 valence electrons. The number of ether oxygens (including phenoxy) is 1. The lowest BCUT2D eigenvalue weighted by molar-refractivity contribution is -0.122. The lowest BCUT2D eigenvalue weighted by atomic mass is 10.1. The second-order valence-corrected chi connectivity index (χ2v) is 11.8. The number of nitrogens with zero attached hydrogens (tertiary/aromatic N) is 1. The first kappa shape index (κ1) is 27.3. The van der Waals surface area contributed by atoms with Gasteiger partial charge in [0.05, 0.1) is 22.9 Å². The molecular weight excluding hydrogens is 769 g/mol. The normalized spacial score (nSPS) is 14.8. The fourth-order valence-corrected chi connectivity index (χ4v) is 6.86. The maximum atomic E-state index is 13.4. The number of hydrogen-bond acceptors (Lipinski definition) is 4. The van der Waals surface area contributed by atoms with Crippen LogP contribution >= 0.6 is 80.6 Å². The van der Waals surface area contributed by atoms with Crippen LogP contribution in [0.3, 0.4) is 0 Å². The molecule has 2 amide bonds. The highest BCUT2D eigenvalue weighted by Gasteiger charge is 2.35. The summed E-state index contributed by atoms with van der Waals surface area (Å²) in [6.07, 6.45) is 1.53. The molecule has 0 saturated carbocycles. The minimum atomic E-state index is -0.593. The first-order valence-electron chi connectivity index (χ1n) is 11.2. The van der Waals surface area contributed by atoms with Crippen molar-refractivity contribution in [3.63, 3.8) is 0 Å². The zero-order valence-corrected chi connectivity index (χ0v) is 25.9. The van der Waals surface area contributed by atoms with E-state index in [0.717, 1.165) is 29.2 Å². The highest BCUT2D eigenvalue weighted by molar-refractivity contribution is 14.1. The van der Waals surface area contributed by atoms with Crippen molar-refractivity contribution >= 4 is 120 Å². The molecule has 0 bridgehead atoms. The van der Waals surface area contributed by atoms with Crippen LogP contribution < -0.4 is 15.0 Å². The van der Waals surface area contributed by atoms with E-state index in [9.17, 15) is 9.59 Å². The van der Waals surface area contributed by atoms with E-state index in [1.165, 1.54) is 11.0 Å². The molecular formula is C28H16Cl2I2N2O3S. The highest BCUT2D eigenvalue weighted by Crippen LogP contribution is 2.35. The van der Waals surface area contributed by atoms with Gasteiger partial charge in [-0.05, 0) is 110 Å². The Balaban J connectivity index is 1.43. The number of thiocarbonyl (C=S) groups is 1. The molecule has 1 heterocycles. The molecule has 0 aromatic heterocycles. The van der Waals surface area contributed by atoms with E-state index in [0.29, 0.717) is 17.9 Å². The molecule has 0 radical (unpaired) electrons. The minimum Gasteiger partial charge on any atom is -0.487 e. The van der Waals surface area contributed by atoms with Gasteiger partial charge < -0.3 is 4.74 Å². The van der Waals surface area contributed by atoms with E-state index in [1.807, 2.05) is 30.3 Å². The van der Waals surface area contributed by atoms with Gasteiger partial charge in [0.2, 0.25) is 0 Å². The Morgan fingerprint density at radius 3 is 2.39 bits per heavy atom. The molecule has 38 heavy (non-hydrogen) atoms. The summed E-state index contributed by atoms with van der Waals surface area (Å²) in [5.41, 5.74) is 1.97. The third kappa shape index (κ3) is 5.42. The molecule has 1 N–H and O–H groups in total. The second-order valence-electron chi connectivity index (χ2n) is 8.27. The molecule has 1 saturated heterocycles. The van der Waals surface area contributed by atoms with Crippen LogP contribution in [0.4, 0.5) is 5.69 Å². The number of nitrogens with one attached hydrogen (secondary N) is 1. The maximum Gasteiger partial charge on any atom is 0.270 e. The van der Waals surface area contributed by atoms with Crippen molar-refractivity contribution < 1.29 is 14.3 Å². The van der Waals surface area contributed by atoms with Gasteiger partial charge in [-0.3, -0.25) is 19.8 Å². The van der Waals surface area contributed by atoms with Gasteiger partial charge >= 0.3 is 0 Å². The largest absolute Gasteiger partial charge is 0.487 e. The van der Waals surface area contributed by atoms with Crippen LogP contribution in [-0.4, -0.2) is 16.9 Å². The predicted molar refractivity (Wildman–Crippen MR) is 173 cm³/mol. The molecule has 0 aliphatic carbocycles. The summed E-state index contributed by atoms with van der Waals surface area (Å²) in [5, 5.41) is 5.23. The van der Waals surface area contributed by atoms with E-state index in [1.54, 1.807) is 18.2 Å². The van der Waals surface area contributed by atoms with Crippen molar-refractivity contribution in [3.05, 3.63) is 107 Å². The van der Waals surface area contributed by atoms with Crippen LogP contribution in [-0.2, 0) is 16.2 Å². The van der Waals surface area contributed by atoms with Crippen molar-refractivity contribution in [1.29, 1.82) is 0 Å². The van der Waals surface area contributed by atoms with Crippen LogP contribution in [0.15, 0.2) is 78.4 Å². The zero-order chi connectivity index (χ0) is 27.0. The van der Waals surface area contributed by atoms with Crippen LogP contribution in [0.25, 0.3) is 16.8 Å². The van der Waals surface area contributed by atoms with Crippen molar-refractivity contribution in [2.45, 2.75) is 6.61 Å². The molecule has 5 rings (SSSR count). The topological polar surface area (TPSA) is 58.6 Å². The quantitative estimate of drug-likeness (QED) is 0.0974. The van der Waals surface area contributed by atoms with Crippen LogP contribution in [0.5, 0.6) is 5.75 Å². The molecule has 1 aliphatic heterocycles. The summed E-state index contributed by atoms with van der Waals surface area (Å²) in [6, 6.07) is 22.9. The minimum absolute atomic E-state index is 0.0670. The van der Waals surface area contributed by atoms with Gasteiger partial charge in [-0.2, -0.15) is 0 Å². The Labute approximate surface area is 261 Å². The number of benzene rings is 4. The van der Waals surface area contributed by atoms with E-state index in [2.05, 4.69) is 74.8 Å². The number of anilines is 1. The molecule has 1 fully saturated rings. The molecule has 0 unspecified atom stereocenters. The average molecular weight is 785 g/mol. The fraction of sp³-hybridized carbons (Fsp3) is 0.0357. The van der Waals surface area contributed by atoms with Gasteiger partial charge in [0, 0.05) is 0 Å². The molecule has 0 spiro atoms. The Hall–Kier alpha value is -2.25. The number of fused-ring (bicyclic) bond motifs is 1. The van der Waals surface area contributed by atoms with Crippen molar-refractivity contribution in [2.24, 2.45) is 0 Å². The van der Waals surface area contributed by atoms with Crippen molar-refractivity contribution in [1.82, 2.24) is 5.32 Å². The Kier molecular flexibility index (Phi) is 8.25. The average Bonchev–Trinajstić information content (AvgIpc) is 2.88. The van der Waals surface area contributed by atoms with Gasteiger partial charge in [-0.1, -0.05) is 71.7 Å². The third-order valence-electron chi connectivity index (χ3n) is 5.86. The summed E-state index contributed by atoms with van der Waals surface area (Å²) < 4.78 is 7.91. The molecule has 4 aromatic rings. The van der Waals surface area contributed by atoms with Gasteiger partial charge in [0.25, 0.3) is 11.8 Å². The fourth-order valence-electron chi connectivity index (χ4n) is 4.08. The molecule has 1 aliphatic rings. The van der Waals surface area contributed by atoms with Crippen molar-refractivity contribution in [2.75, 3.05) is 4.90 Å². The zero-order valence-electron chi connectivity index (χ0n) is 19.3. The summed E-state index contributed by atoms with van der Waals surface area (Å²) in [7, 11) is 0. The number of rotatable bonds is 5. The standard InChI is InChI=1S/C28H16Cl2I2N2O3S/c29-20-9-4-10-23(24(20)30)34-27(36)19(26(35)33-28(34)38)11-15-12-21(31)25(22(32)13-15)37-14-17-7-3-6-16-5-1-2-8-18(16)17/h1-13H,14H2,(H,33,35,38)/b19-11+. The third-order valence-corrected chi connectivity index (χ3v) is 8.55. The van der Waals surface area contributed by atoms with Crippen LogP contribution in [0.2, 0.25) is 10.0 Å². The number of amides is 2. The summed E-state index contributed by atoms with van der Waals surface area (Å²) in [4.78, 5) is 27.3. The van der Waals surface area contributed by atoms with Gasteiger partial charge in [-0.15, -0.1) is 0 Å². The van der Waals surface area contributed by atoms with Crippen LogP contribution in [0, 0.1) is 7.14 Å². The number of carbonyl (C=O) groups excluding carboxylic acids is 2. The first-order valence-corrected chi connectivity index (χ1v) is 14.5. The smallest absolute Gasteiger partial charge is 0.270 e. The van der Waals surface area contributed by atoms with E-state index in [-0.39, 0.29) is 20.7 Å². The Morgan fingerprint density at radius 2 is 1.63 bits per heavy atom. The second kappa shape index (κ2) is 11.5. The monoisotopic (exact) mass is 784 g/mol. The Morgan fingerprint density at radius 1 is 0.947 bits per heavy atom. The van der Waals surface area contributed by atoms with E-state index in [4.69, 9.17) is 40.2 Å². The summed E-state index contributed by atoms with van der Waals surface area (Å²) in [5.74, 6) is -0.450. The molecule has 0 atom stereocenters. The lowest BCUT2D eigenvalue weighted by Crippen LogP contribution is -2.54.